The molecule has 672 valence electrons. The van der Waals surface area contributed by atoms with Crippen molar-refractivity contribution in [2.24, 2.45) is 5.92 Å². The molecule has 126 heavy (non-hydrogen) atoms. The first kappa shape index (κ1) is 99.6. The van der Waals surface area contributed by atoms with E-state index in [4.69, 9.17) is 71.3 Å². The number of H-pyrrole nitrogens is 1. The standard InChI is InChI=1S/2C16H19ClFN5O3.C13H15ClN4O4.2C10H8FN3O.C5H3F2N.C5H6N2O.C4H7F.ClH/c2*1-16(2,3)26-15(25)22(4)12-6-11(17)21-13-8(7-19-23(12)13)14(24)20-10-5-9(10)18;1-13(2,3)22-12(21)17(4)9-5-8(14)16-10-7(11(19)20)6-15-18(9)10;2*11-7-3-1-5-13-9(7)14-6-2-4-8(12)10(14)15;6-4-2-1-3-8-5(4)7;6-4-2-1-3-7-5(4)8;1-3-2-4(3)5;/h2*6-7,9-10H,5H2,1-4H3,(H,20,24);5-6H,1-4H3,(H,19,20);2*1-6H,12H2;1-3H;1-3H,6H2,(H,7,8);3-4H,2H2,1H3;1H/t2*9-,10?;;;;;;3-,4+;/m00.....1./s1. The first-order chi connectivity index (χ1) is 58.5. The van der Waals surface area contributed by atoms with Crippen molar-refractivity contribution < 1.29 is 78.8 Å². The Morgan fingerprint density at radius 2 is 0.817 bits per heavy atom. The summed E-state index contributed by atoms with van der Waals surface area (Å²) in [5.41, 5.74) is 13.7. The summed E-state index contributed by atoms with van der Waals surface area (Å²) in [5, 5.41) is 26.6. The third-order valence-electron chi connectivity index (χ3n) is 16.5. The number of ether oxygens (including phenoxy) is 3. The Morgan fingerprint density at radius 1 is 0.500 bits per heavy atom. The molecule has 0 saturated heterocycles. The van der Waals surface area contributed by atoms with Crippen molar-refractivity contribution in [3.05, 3.63) is 233 Å². The number of carbonyl (C=O) groups is 6. The maximum Gasteiger partial charge on any atom is 0.415 e. The molecule has 5 amide bonds. The number of amides is 5. The molecule has 0 bridgehead atoms. The number of nitrogen functional groups attached to an aromatic ring is 3. The number of carboxylic acids is 1. The van der Waals surface area contributed by atoms with E-state index in [1.54, 1.807) is 92.8 Å². The van der Waals surface area contributed by atoms with Crippen molar-refractivity contribution in [2.75, 3.05) is 53.0 Å². The number of aromatic carboxylic acids is 1. The van der Waals surface area contributed by atoms with Crippen LogP contribution in [0.2, 0.25) is 15.5 Å². The lowest BCUT2D eigenvalue weighted by molar-refractivity contribution is 0.0577. The number of hydrogen-bond acceptors (Lipinski definition) is 24. The second kappa shape index (κ2) is 42.7. The van der Waals surface area contributed by atoms with Gasteiger partial charge in [-0.2, -0.15) is 33.2 Å². The number of rotatable bonds is 10. The van der Waals surface area contributed by atoms with Gasteiger partial charge < -0.3 is 52.1 Å². The SMILES string of the molecule is CN(C(=O)OC(C)(C)C)c1cc(Cl)nc2c(C(=O)NC3C[C@@H]3F)cnn12.CN(C(=O)OC(C)(C)C)c1cc(Cl)nc2c(C(=O)NC3C[C@@H]3F)cnn12.CN(C(=O)OC(C)(C)C)c1cc(Cl)nc2c(C(=O)O)cnn12.C[C@@H]1C[C@@H]1F.Cl.Fc1cccnc1F.Nc1ccc[nH]c1=O.Nc1cccn(-c2ncccc2F)c1=O.Nc1cccn(-c2ncccc2F)c1=O. The second-order valence-electron chi connectivity index (χ2n) is 30.1. The number of fused-ring (bicyclic) bond motifs is 3. The molecule has 0 aliphatic heterocycles. The summed E-state index contributed by atoms with van der Waals surface area (Å²) in [6, 6.07) is 20.3. The third-order valence-corrected chi connectivity index (χ3v) is 17.1. The van der Waals surface area contributed by atoms with Gasteiger partial charge in [-0.1, -0.05) is 41.7 Å². The highest BCUT2D eigenvalue weighted by Gasteiger charge is 2.41. The van der Waals surface area contributed by atoms with Gasteiger partial charge in [0, 0.05) is 89.4 Å². The summed E-state index contributed by atoms with van der Waals surface area (Å²) < 4.78 is 110. The number of nitrogens with two attached hydrogens (primary N) is 3. The Balaban J connectivity index is 0.000000206. The molecule has 0 aromatic carbocycles. The van der Waals surface area contributed by atoms with Gasteiger partial charge >= 0.3 is 24.2 Å². The first-order valence-corrected chi connectivity index (χ1v) is 38.3. The summed E-state index contributed by atoms with van der Waals surface area (Å²) in [5.74, 6) is -4.16. The monoisotopic (exact) mass is 1840 g/mol. The summed E-state index contributed by atoms with van der Waals surface area (Å²) in [6.07, 6.45) is 9.21. The minimum Gasteiger partial charge on any atom is -0.477 e. The molecule has 0 radical (unpaired) electrons. The van der Waals surface area contributed by atoms with Gasteiger partial charge in [-0.3, -0.25) is 47.8 Å². The van der Waals surface area contributed by atoms with E-state index in [1.165, 1.54) is 153 Å². The fourth-order valence-electron chi connectivity index (χ4n) is 9.88. The minimum absolute atomic E-state index is 0. The largest absolute Gasteiger partial charge is 0.477 e. The van der Waals surface area contributed by atoms with Gasteiger partial charge in [0.2, 0.25) is 5.95 Å². The van der Waals surface area contributed by atoms with Crippen molar-refractivity contribution in [1.29, 1.82) is 0 Å². The molecule has 12 aromatic heterocycles. The number of nitrogens with zero attached hydrogens (tertiary/aromatic N) is 17. The lowest BCUT2D eigenvalue weighted by Gasteiger charge is -2.24. The molecule has 2 unspecified atom stereocenters. The molecule has 15 rings (SSSR count). The van der Waals surface area contributed by atoms with Crippen LogP contribution in [0.15, 0.2) is 161 Å². The lowest BCUT2D eigenvalue weighted by Crippen LogP contribution is -2.35. The van der Waals surface area contributed by atoms with Gasteiger partial charge in [0.25, 0.3) is 28.5 Å². The highest BCUT2D eigenvalue weighted by Crippen LogP contribution is 2.33. The van der Waals surface area contributed by atoms with E-state index >= 15 is 0 Å². The molecular formula is C79H86Cl4F7N23O13. The average molecular weight is 1840 g/mol. The molecule has 10 N–H and O–H groups in total. The lowest BCUT2D eigenvalue weighted by atomic mass is 10.2. The molecule has 6 atom stereocenters. The number of aromatic nitrogens is 15. The van der Waals surface area contributed by atoms with E-state index in [2.05, 4.69) is 60.8 Å². The maximum absolute atomic E-state index is 13.3. The molecule has 3 saturated carbocycles. The van der Waals surface area contributed by atoms with Crippen LogP contribution >= 0.6 is 47.2 Å². The number of anilines is 6. The number of aromatic amines is 1. The summed E-state index contributed by atoms with van der Waals surface area (Å²) >= 11 is 18.0. The zero-order valence-electron chi connectivity index (χ0n) is 69.3. The van der Waals surface area contributed by atoms with Crippen molar-refractivity contribution in [3.63, 3.8) is 0 Å². The minimum atomic E-state index is -1.18. The molecule has 47 heteroatoms. The quantitative estimate of drug-likeness (QED) is 0.0289. The van der Waals surface area contributed by atoms with Crippen LogP contribution in [0.4, 0.5) is 79.6 Å². The van der Waals surface area contributed by atoms with Gasteiger partial charge in [-0.15, -0.1) is 12.4 Å². The number of carbonyl (C=O) groups excluding carboxylic acids is 5. The van der Waals surface area contributed by atoms with Crippen LogP contribution in [0.3, 0.4) is 0 Å². The fraction of sp³-hybridized carbons (Fsp3) is 0.316. The van der Waals surface area contributed by atoms with Gasteiger partial charge in [-0.05, 0) is 147 Å². The predicted molar refractivity (Wildman–Crippen MR) is 456 cm³/mol. The van der Waals surface area contributed by atoms with E-state index in [-0.39, 0.29) is 113 Å². The molecule has 3 aliphatic rings. The molecule has 12 aromatic rings. The zero-order valence-corrected chi connectivity index (χ0v) is 72.4. The van der Waals surface area contributed by atoms with Crippen molar-refractivity contribution in [3.8, 4) is 11.6 Å². The number of hydrogen-bond donors (Lipinski definition) is 7. The van der Waals surface area contributed by atoms with Crippen LogP contribution in [-0.2, 0) is 14.2 Å². The third kappa shape index (κ3) is 27.7. The number of halogens is 11. The van der Waals surface area contributed by atoms with Crippen LogP contribution in [-0.4, -0.2) is 183 Å². The normalized spacial score (nSPS) is 15.5. The van der Waals surface area contributed by atoms with Crippen LogP contribution in [0, 0.1) is 29.3 Å². The first-order valence-electron chi connectivity index (χ1n) is 37.2. The maximum atomic E-state index is 13.3. The molecule has 0 spiro atoms. The number of pyridine rings is 6. The molecule has 12 heterocycles. The average Bonchev–Trinajstić information content (AvgIpc) is 1.62. The van der Waals surface area contributed by atoms with E-state index < -0.39 is 118 Å². The Morgan fingerprint density at radius 3 is 1.09 bits per heavy atom. The van der Waals surface area contributed by atoms with Crippen LogP contribution in [0.1, 0.15) is 120 Å². The summed E-state index contributed by atoms with van der Waals surface area (Å²) in [7, 11) is 4.47. The summed E-state index contributed by atoms with van der Waals surface area (Å²) in [6.45, 7) is 17.6. The summed E-state index contributed by atoms with van der Waals surface area (Å²) in [4.78, 5) is 135. The van der Waals surface area contributed by atoms with Gasteiger partial charge in [0.1, 0.15) is 84.9 Å². The molecule has 36 nitrogen and oxygen atoms in total. The van der Waals surface area contributed by atoms with Crippen LogP contribution in [0.5, 0.6) is 0 Å². The Kier molecular flexibility index (Phi) is 33.7. The molecule has 3 fully saturated rings. The van der Waals surface area contributed by atoms with E-state index in [0.29, 0.717) is 18.8 Å². The van der Waals surface area contributed by atoms with Crippen molar-refractivity contribution in [1.82, 2.24) is 83.5 Å². The fourth-order valence-corrected chi connectivity index (χ4v) is 10.4. The number of alkyl halides is 3. The molecular weight excluding hydrogens is 1750 g/mol. The van der Waals surface area contributed by atoms with Crippen LogP contribution in [0.25, 0.3) is 28.6 Å². The molecule has 3 aliphatic carbocycles. The second-order valence-corrected chi connectivity index (χ2v) is 31.3. The van der Waals surface area contributed by atoms with Crippen molar-refractivity contribution in [2.45, 2.75) is 136 Å². The van der Waals surface area contributed by atoms with E-state index in [9.17, 15) is 73.9 Å². The van der Waals surface area contributed by atoms with Gasteiger partial charge in [0.05, 0.1) is 47.7 Å². The Hall–Kier alpha value is -13.6. The number of nitrogens with one attached hydrogen (secondary N) is 3. The topological polar surface area (TPSA) is 468 Å². The van der Waals surface area contributed by atoms with Crippen molar-refractivity contribution >= 4 is 135 Å². The Bertz CT molecular complexity index is 5830. The zero-order chi connectivity index (χ0) is 92.6. The Labute approximate surface area is 733 Å². The predicted octanol–water partition coefficient (Wildman–Crippen LogP) is 12.7. The smallest absolute Gasteiger partial charge is 0.415 e. The number of carboxylic acid groups (broad SMARTS) is 1. The van der Waals surface area contributed by atoms with Crippen LogP contribution < -0.4 is 59.2 Å². The highest BCUT2D eigenvalue weighted by molar-refractivity contribution is 6.30. The van der Waals surface area contributed by atoms with Gasteiger partial charge in [-0.25, -0.2) is 75.4 Å². The highest BCUT2D eigenvalue weighted by atomic mass is 35.5. The van der Waals surface area contributed by atoms with E-state index in [0.717, 1.165) is 27.8 Å². The van der Waals surface area contributed by atoms with Gasteiger partial charge in [0.15, 0.2) is 46.0 Å². The van der Waals surface area contributed by atoms with E-state index in [1.807, 2.05) is 6.92 Å².